The maximum Gasteiger partial charge on any atom is 0.306 e. The Morgan fingerprint density at radius 2 is 0.644 bits per heavy atom. The van der Waals surface area contributed by atoms with Gasteiger partial charge in [-0.05, 0) is 77.0 Å². The first-order valence-corrected chi connectivity index (χ1v) is 25.1. The van der Waals surface area contributed by atoms with Crippen LogP contribution in [0.25, 0.3) is 0 Å². The van der Waals surface area contributed by atoms with E-state index in [1.54, 1.807) is 0 Å². The molecule has 0 aliphatic heterocycles. The highest BCUT2D eigenvalue weighted by Gasteiger charge is 2.19. The van der Waals surface area contributed by atoms with Crippen molar-refractivity contribution in [2.45, 2.75) is 258 Å². The lowest BCUT2D eigenvalue weighted by Gasteiger charge is -2.18. The molecule has 0 N–H and O–H groups in total. The van der Waals surface area contributed by atoms with Crippen molar-refractivity contribution in [2.75, 3.05) is 13.2 Å². The summed E-state index contributed by atoms with van der Waals surface area (Å²) in [5.74, 6) is -0.905. The molecule has 0 rings (SSSR count). The monoisotopic (exact) mass is 827 g/mol. The van der Waals surface area contributed by atoms with Crippen LogP contribution in [-0.2, 0) is 28.6 Å². The van der Waals surface area contributed by atoms with E-state index in [0.717, 1.165) is 109 Å². The molecule has 342 valence electrons. The van der Waals surface area contributed by atoms with Crippen molar-refractivity contribution >= 4 is 17.9 Å². The first-order valence-electron chi connectivity index (χ1n) is 25.1. The molecule has 0 aromatic carbocycles. The molecular weight excluding hydrogens is 733 g/mol. The van der Waals surface area contributed by atoms with Gasteiger partial charge in [-0.2, -0.15) is 0 Å². The van der Waals surface area contributed by atoms with E-state index < -0.39 is 6.10 Å². The largest absolute Gasteiger partial charge is 0.462 e. The minimum absolute atomic E-state index is 0.0814. The van der Waals surface area contributed by atoms with Gasteiger partial charge in [0.25, 0.3) is 0 Å². The Bertz CT molecular complexity index is 1040. The van der Waals surface area contributed by atoms with E-state index in [-0.39, 0.29) is 31.1 Å². The minimum Gasteiger partial charge on any atom is -0.462 e. The molecule has 59 heavy (non-hydrogen) atoms. The summed E-state index contributed by atoms with van der Waals surface area (Å²) < 4.78 is 16.8. The summed E-state index contributed by atoms with van der Waals surface area (Å²) in [5, 5.41) is 0. The van der Waals surface area contributed by atoms with Gasteiger partial charge in [0.2, 0.25) is 0 Å². The highest BCUT2D eigenvalue weighted by molar-refractivity contribution is 5.71. The van der Waals surface area contributed by atoms with Gasteiger partial charge in [0.15, 0.2) is 6.10 Å². The number of hydrogen-bond acceptors (Lipinski definition) is 6. The van der Waals surface area contributed by atoms with E-state index in [4.69, 9.17) is 14.2 Å². The van der Waals surface area contributed by atoms with Gasteiger partial charge in [0.05, 0.1) is 0 Å². The van der Waals surface area contributed by atoms with Crippen LogP contribution < -0.4 is 0 Å². The van der Waals surface area contributed by atoms with E-state index in [0.29, 0.717) is 19.3 Å². The van der Waals surface area contributed by atoms with Crippen LogP contribution in [0.2, 0.25) is 0 Å². The Labute approximate surface area is 365 Å². The molecule has 0 radical (unpaired) electrons. The van der Waals surface area contributed by atoms with Crippen LogP contribution in [0.1, 0.15) is 252 Å². The number of rotatable bonds is 45. The van der Waals surface area contributed by atoms with Crippen molar-refractivity contribution in [1.29, 1.82) is 0 Å². The van der Waals surface area contributed by atoms with Crippen molar-refractivity contribution in [3.05, 3.63) is 48.6 Å². The molecule has 0 saturated heterocycles. The third-order valence-electron chi connectivity index (χ3n) is 10.8. The number of carbonyl (C=O) groups is 3. The molecule has 0 fully saturated rings. The Morgan fingerprint density at radius 3 is 1.03 bits per heavy atom. The molecule has 0 aromatic rings. The zero-order chi connectivity index (χ0) is 43.0. The lowest BCUT2D eigenvalue weighted by Crippen LogP contribution is -2.30. The maximum absolute atomic E-state index is 12.8. The molecule has 0 aliphatic rings. The highest BCUT2D eigenvalue weighted by atomic mass is 16.6. The SMILES string of the molecule is CCC/C=C\C/C=C\CCCCCCCC(=O)OC(COC(=O)CCCCCCC/C=C\C/C=C\CCCCC)COC(=O)CCCCCCCCCCCCCCC. The second-order valence-electron chi connectivity index (χ2n) is 16.7. The van der Waals surface area contributed by atoms with E-state index in [1.807, 2.05) is 0 Å². The summed E-state index contributed by atoms with van der Waals surface area (Å²) in [6.07, 6.45) is 56.6. The molecule has 0 aromatic heterocycles. The first kappa shape index (κ1) is 56.4. The zero-order valence-electron chi connectivity index (χ0n) is 39.0. The van der Waals surface area contributed by atoms with E-state index in [9.17, 15) is 14.4 Å². The highest BCUT2D eigenvalue weighted by Crippen LogP contribution is 2.15. The van der Waals surface area contributed by atoms with E-state index in [2.05, 4.69) is 69.4 Å². The summed E-state index contributed by atoms with van der Waals surface area (Å²) in [6, 6.07) is 0. The van der Waals surface area contributed by atoms with Gasteiger partial charge in [-0.1, -0.05) is 204 Å². The van der Waals surface area contributed by atoms with Crippen LogP contribution in [0.5, 0.6) is 0 Å². The predicted molar refractivity (Wildman–Crippen MR) is 252 cm³/mol. The summed E-state index contributed by atoms with van der Waals surface area (Å²) in [6.45, 7) is 6.53. The van der Waals surface area contributed by atoms with E-state index >= 15 is 0 Å². The Morgan fingerprint density at radius 1 is 0.339 bits per heavy atom. The molecule has 1 unspecified atom stereocenters. The number of ether oxygens (including phenoxy) is 3. The maximum atomic E-state index is 12.8. The molecule has 0 saturated carbocycles. The summed E-state index contributed by atoms with van der Waals surface area (Å²) in [7, 11) is 0. The van der Waals surface area contributed by atoms with Crippen molar-refractivity contribution in [1.82, 2.24) is 0 Å². The van der Waals surface area contributed by atoms with Gasteiger partial charge in [-0.3, -0.25) is 14.4 Å². The first-order chi connectivity index (χ1) is 29.0. The molecule has 0 bridgehead atoms. The molecular formula is C53H94O6. The fourth-order valence-electron chi connectivity index (χ4n) is 6.98. The molecule has 6 heteroatoms. The molecule has 0 heterocycles. The summed E-state index contributed by atoms with van der Waals surface area (Å²) >= 11 is 0. The van der Waals surface area contributed by atoms with Crippen molar-refractivity contribution in [3.63, 3.8) is 0 Å². The van der Waals surface area contributed by atoms with Crippen LogP contribution in [-0.4, -0.2) is 37.2 Å². The van der Waals surface area contributed by atoms with Crippen LogP contribution in [0.3, 0.4) is 0 Å². The number of esters is 3. The quantitative estimate of drug-likeness (QED) is 0.0263. The van der Waals surface area contributed by atoms with Gasteiger partial charge in [0.1, 0.15) is 13.2 Å². The number of unbranched alkanes of at least 4 members (excludes halogenated alkanes) is 26. The smallest absolute Gasteiger partial charge is 0.306 e. The number of hydrogen-bond donors (Lipinski definition) is 0. The Hall–Kier alpha value is -2.63. The number of allylic oxidation sites excluding steroid dienone is 8. The second-order valence-corrected chi connectivity index (χ2v) is 16.7. The van der Waals surface area contributed by atoms with Gasteiger partial charge < -0.3 is 14.2 Å². The van der Waals surface area contributed by atoms with Crippen molar-refractivity contribution < 1.29 is 28.6 Å². The van der Waals surface area contributed by atoms with Crippen molar-refractivity contribution in [2.24, 2.45) is 0 Å². The van der Waals surface area contributed by atoms with Gasteiger partial charge >= 0.3 is 17.9 Å². The topological polar surface area (TPSA) is 78.9 Å². The van der Waals surface area contributed by atoms with Crippen LogP contribution >= 0.6 is 0 Å². The standard InChI is InChI=1S/C53H94O6/c1-4-7-10-13-16-19-22-25-26-29-31-34-37-40-43-46-52(55)58-49-50(59-53(56)47-44-41-38-35-32-28-24-21-18-15-12-9-6-3)48-57-51(54)45-42-39-36-33-30-27-23-20-17-14-11-8-5-2/h12,15-16,19,21,24-26,50H,4-11,13-14,17-18,20,22-23,27-49H2,1-3H3/b15-12-,19-16-,24-21-,26-25-. The molecule has 1 atom stereocenters. The third-order valence-corrected chi connectivity index (χ3v) is 10.8. The normalized spacial score (nSPS) is 12.4. The van der Waals surface area contributed by atoms with E-state index in [1.165, 1.54) is 103 Å². The summed E-state index contributed by atoms with van der Waals surface area (Å²) in [4.78, 5) is 37.9. The Kier molecular flexibility index (Phi) is 45.9. The second kappa shape index (κ2) is 48.0. The van der Waals surface area contributed by atoms with Gasteiger partial charge in [-0.25, -0.2) is 0 Å². The zero-order valence-corrected chi connectivity index (χ0v) is 39.0. The predicted octanol–water partition coefficient (Wildman–Crippen LogP) is 16.3. The van der Waals surface area contributed by atoms with Gasteiger partial charge in [-0.15, -0.1) is 0 Å². The van der Waals surface area contributed by atoms with Crippen LogP contribution in [0.15, 0.2) is 48.6 Å². The molecule has 0 amide bonds. The minimum atomic E-state index is -0.782. The lowest BCUT2D eigenvalue weighted by atomic mass is 10.0. The molecule has 6 nitrogen and oxygen atoms in total. The summed E-state index contributed by atoms with van der Waals surface area (Å²) in [5.41, 5.74) is 0. The average molecular weight is 827 g/mol. The molecule has 0 spiro atoms. The number of carbonyl (C=O) groups excluding carboxylic acids is 3. The van der Waals surface area contributed by atoms with Crippen LogP contribution in [0, 0.1) is 0 Å². The Balaban J connectivity index is 4.40. The van der Waals surface area contributed by atoms with Crippen LogP contribution in [0.4, 0.5) is 0 Å². The third kappa shape index (κ3) is 46.3. The van der Waals surface area contributed by atoms with Gasteiger partial charge in [0, 0.05) is 19.3 Å². The average Bonchev–Trinajstić information content (AvgIpc) is 3.23. The van der Waals surface area contributed by atoms with Crippen molar-refractivity contribution in [3.8, 4) is 0 Å². The fourth-order valence-corrected chi connectivity index (χ4v) is 6.98. The fraction of sp³-hybridized carbons (Fsp3) is 0.792. The molecule has 0 aliphatic carbocycles. The lowest BCUT2D eigenvalue weighted by molar-refractivity contribution is -0.167.